The van der Waals surface area contributed by atoms with Crippen LogP contribution in [0.4, 0.5) is 0 Å². The van der Waals surface area contributed by atoms with Crippen LogP contribution in [0, 0.1) is 46.5 Å². The highest BCUT2D eigenvalue weighted by atomic mass is 16.3. The van der Waals surface area contributed by atoms with Gasteiger partial charge in [0, 0.05) is 0 Å². The molecule has 106 valence electrons. The lowest BCUT2D eigenvalue weighted by molar-refractivity contribution is 0.0888. The Kier molecular flexibility index (Phi) is 4.06. The summed E-state index contributed by atoms with van der Waals surface area (Å²) in [4.78, 5) is 0. The van der Waals surface area contributed by atoms with E-state index in [4.69, 9.17) is 0 Å². The van der Waals surface area contributed by atoms with Gasteiger partial charge in [-0.2, -0.15) is 0 Å². The molecule has 0 radical (unpaired) electrons. The van der Waals surface area contributed by atoms with E-state index in [9.17, 15) is 5.11 Å². The van der Waals surface area contributed by atoms with Crippen molar-refractivity contribution in [1.29, 1.82) is 0 Å². The van der Waals surface area contributed by atoms with Crippen LogP contribution in [0.15, 0.2) is 0 Å². The molecule has 0 saturated heterocycles. The van der Waals surface area contributed by atoms with Gasteiger partial charge >= 0.3 is 0 Å². The Morgan fingerprint density at radius 2 is 1.32 bits per heavy atom. The average molecular weight is 260 g/mol. The Balaban J connectivity index is 2.50. The fourth-order valence-corrected chi connectivity index (χ4v) is 3.83. The number of aliphatic hydroxyl groups is 1. The van der Waals surface area contributed by atoms with Crippen molar-refractivity contribution >= 4 is 0 Å². The molecule has 1 aromatic carbocycles. The Morgan fingerprint density at radius 3 is 1.74 bits per heavy atom. The summed E-state index contributed by atoms with van der Waals surface area (Å²) in [6, 6.07) is 0. The molecule has 1 aliphatic carbocycles. The fourth-order valence-electron chi connectivity index (χ4n) is 3.83. The predicted molar refractivity (Wildman–Crippen MR) is 81.6 cm³/mol. The van der Waals surface area contributed by atoms with Crippen molar-refractivity contribution in [3.8, 4) is 0 Å². The lowest BCUT2D eigenvalue weighted by Crippen LogP contribution is -2.18. The third-order valence-electron chi connectivity index (χ3n) is 5.69. The van der Waals surface area contributed by atoms with E-state index in [1.807, 2.05) is 0 Å². The zero-order valence-corrected chi connectivity index (χ0v) is 13.3. The lowest BCUT2D eigenvalue weighted by atomic mass is 9.80. The predicted octanol–water partition coefficient (Wildman–Crippen LogP) is 4.70. The lowest BCUT2D eigenvalue weighted by Gasteiger charge is -2.28. The van der Waals surface area contributed by atoms with E-state index in [1.54, 1.807) is 0 Å². The minimum Gasteiger partial charge on any atom is -0.388 e. The number of hydrogen-bond acceptors (Lipinski definition) is 1. The molecular formula is C18H28O. The Morgan fingerprint density at radius 1 is 0.842 bits per heavy atom. The molecule has 2 rings (SSSR count). The first-order chi connectivity index (χ1) is 8.86. The minimum absolute atomic E-state index is 0.282. The van der Waals surface area contributed by atoms with Crippen molar-refractivity contribution in [1.82, 2.24) is 0 Å². The number of benzene rings is 1. The monoisotopic (exact) mass is 260 g/mol. The molecule has 0 heterocycles. The molecule has 0 spiro atoms. The smallest absolute Gasteiger partial charge is 0.0826 e. The molecule has 3 atom stereocenters. The maximum Gasteiger partial charge on any atom is 0.0826 e. The van der Waals surface area contributed by atoms with E-state index in [0.29, 0.717) is 11.8 Å². The first kappa shape index (κ1) is 14.6. The van der Waals surface area contributed by atoms with Gasteiger partial charge in [-0.3, -0.25) is 0 Å². The van der Waals surface area contributed by atoms with Crippen LogP contribution in [0.5, 0.6) is 0 Å². The second-order valence-corrected chi connectivity index (χ2v) is 6.56. The molecule has 0 amide bonds. The van der Waals surface area contributed by atoms with Crippen LogP contribution >= 0.6 is 0 Å². The van der Waals surface area contributed by atoms with Crippen molar-refractivity contribution < 1.29 is 5.11 Å². The van der Waals surface area contributed by atoms with Gasteiger partial charge in [0.05, 0.1) is 6.10 Å². The summed E-state index contributed by atoms with van der Waals surface area (Å²) in [5.41, 5.74) is 7.88. The summed E-state index contributed by atoms with van der Waals surface area (Å²) in [7, 11) is 0. The fraction of sp³-hybridized carbons (Fsp3) is 0.667. The Bertz CT molecular complexity index is 458. The van der Waals surface area contributed by atoms with E-state index in [1.165, 1.54) is 52.6 Å². The molecule has 3 unspecified atom stereocenters. The van der Waals surface area contributed by atoms with Gasteiger partial charge in [-0.15, -0.1) is 0 Å². The largest absolute Gasteiger partial charge is 0.388 e. The molecule has 1 saturated carbocycles. The molecule has 1 heteroatoms. The van der Waals surface area contributed by atoms with Crippen molar-refractivity contribution in [3.05, 3.63) is 33.4 Å². The van der Waals surface area contributed by atoms with Crippen LogP contribution in [-0.2, 0) is 0 Å². The molecule has 0 aliphatic heterocycles. The quantitative estimate of drug-likeness (QED) is 0.817. The van der Waals surface area contributed by atoms with E-state index in [-0.39, 0.29) is 6.10 Å². The molecule has 1 fully saturated rings. The molecule has 1 nitrogen and oxygen atoms in total. The molecule has 1 N–H and O–H groups in total. The van der Waals surface area contributed by atoms with Crippen LogP contribution in [0.3, 0.4) is 0 Å². The normalized spacial score (nSPS) is 24.8. The molecule has 0 aromatic heterocycles. The maximum absolute atomic E-state index is 10.9. The van der Waals surface area contributed by atoms with Crippen molar-refractivity contribution in [2.75, 3.05) is 0 Å². The van der Waals surface area contributed by atoms with Gasteiger partial charge in [0.1, 0.15) is 0 Å². The number of rotatable bonds is 2. The summed E-state index contributed by atoms with van der Waals surface area (Å²) in [5.74, 6) is 1.09. The summed E-state index contributed by atoms with van der Waals surface area (Å²) in [6.07, 6.45) is 3.43. The summed E-state index contributed by atoms with van der Waals surface area (Å²) in [5, 5.41) is 10.9. The van der Waals surface area contributed by atoms with Crippen LogP contribution < -0.4 is 0 Å². The Labute approximate surface area is 118 Å². The van der Waals surface area contributed by atoms with E-state index in [2.05, 4.69) is 41.5 Å². The summed E-state index contributed by atoms with van der Waals surface area (Å²) < 4.78 is 0. The molecular weight excluding hydrogens is 232 g/mol. The van der Waals surface area contributed by atoms with E-state index >= 15 is 0 Å². The van der Waals surface area contributed by atoms with Gasteiger partial charge in [-0.1, -0.05) is 19.8 Å². The highest BCUT2D eigenvalue weighted by Gasteiger charge is 2.32. The van der Waals surface area contributed by atoms with Gasteiger partial charge in [0.2, 0.25) is 0 Å². The highest BCUT2D eigenvalue weighted by molar-refractivity contribution is 5.50. The first-order valence-corrected chi connectivity index (χ1v) is 7.61. The highest BCUT2D eigenvalue weighted by Crippen LogP contribution is 2.43. The second-order valence-electron chi connectivity index (χ2n) is 6.56. The van der Waals surface area contributed by atoms with Gasteiger partial charge in [-0.05, 0) is 86.3 Å². The van der Waals surface area contributed by atoms with Gasteiger partial charge in [-0.25, -0.2) is 0 Å². The first-order valence-electron chi connectivity index (χ1n) is 7.61. The average Bonchev–Trinajstić information content (AvgIpc) is 2.80. The molecule has 1 aromatic rings. The number of aliphatic hydroxyl groups excluding tert-OH is 1. The van der Waals surface area contributed by atoms with Crippen LogP contribution in [-0.4, -0.2) is 5.11 Å². The topological polar surface area (TPSA) is 20.2 Å². The molecule has 1 aliphatic rings. The maximum atomic E-state index is 10.9. The molecule has 0 bridgehead atoms. The zero-order chi connectivity index (χ0) is 14.3. The number of hydrogen-bond donors (Lipinski definition) is 1. The van der Waals surface area contributed by atoms with Gasteiger partial charge < -0.3 is 5.11 Å². The van der Waals surface area contributed by atoms with Crippen molar-refractivity contribution in [3.63, 3.8) is 0 Å². The zero-order valence-electron chi connectivity index (χ0n) is 13.3. The van der Waals surface area contributed by atoms with Crippen LogP contribution in [0.1, 0.15) is 65.7 Å². The Hall–Kier alpha value is -0.820. The third-order valence-corrected chi connectivity index (χ3v) is 5.69. The van der Waals surface area contributed by atoms with Crippen molar-refractivity contribution in [2.24, 2.45) is 11.8 Å². The van der Waals surface area contributed by atoms with Crippen molar-refractivity contribution in [2.45, 2.75) is 66.9 Å². The van der Waals surface area contributed by atoms with Crippen LogP contribution in [0.25, 0.3) is 0 Å². The van der Waals surface area contributed by atoms with E-state index < -0.39 is 0 Å². The summed E-state index contributed by atoms with van der Waals surface area (Å²) >= 11 is 0. The van der Waals surface area contributed by atoms with Gasteiger partial charge in [0.25, 0.3) is 0 Å². The third kappa shape index (κ3) is 2.33. The molecule has 19 heavy (non-hydrogen) atoms. The van der Waals surface area contributed by atoms with Crippen LogP contribution in [0.2, 0.25) is 0 Å². The SMILES string of the molecule is Cc1c(C)c(C)c(C(O)C2CCCC2C)c(C)c1C. The second kappa shape index (κ2) is 5.28. The standard InChI is InChI=1S/C18H28O/c1-10-8-7-9-16(10)18(19)17-14(5)12(3)11(2)13(4)15(17)6/h10,16,18-19H,7-9H2,1-6H3. The summed E-state index contributed by atoms with van der Waals surface area (Å²) in [6.45, 7) is 13.2. The van der Waals surface area contributed by atoms with Gasteiger partial charge in [0.15, 0.2) is 0 Å². The van der Waals surface area contributed by atoms with E-state index in [0.717, 1.165) is 0 Å². The minimum atomic E-state index is -0.282.